The normalized spacial score (nSPS) is 17.5. The van der Waals surface area contributed by atoms with E-state index in [9.17, 15) is 9.18 Å². The van der Waals surface area contributed by atoms with Crippen molar-refractivity contribution in [3.63, 3.8) is 0 Å². The van der Waals surface area contributed by atoms with Gasteiger partial charge in [0.15, 0.2) is 0 Å². The minimum atomic E-state index is -0.287. The van der Waals surface area contributed by atoms with Crippen molar-refractivity contribution < 1.29 is 9.18 Å². The number of amides is 2. The van der Waals surface area contributed by atoms with E-state index in [-0.39, 0.29) is 23.9 Å². The first-order valence-corrected chi connectivity index (χ1v) is 7.54. The zero-order valence-electron chi connectivity index (χ0n) is 12.8. The molecule has 2 aromatic rings. The molecule has 0 saturated heterocycles. The molecule has 4 nitrogen and oxygen atoms in total. The van der Waals surface area contributed by atoms with Gasteiger partial charge in [0.05, 0.1) is 6.04 Å². The van der Waals surface area contributed by atoms with Gasteiger partial charge in [-0.1, -0.05) is 12.1 Å². The average Bonchev–Trinajstić information content (AvgIpc) is 2.93. The van der Waals surface area contributed by atoms with Crippen LogP contribution in [0, 0.1) is 5.82 Å². The van der Waals surface area contributed by atoms with Crippen LogP contribution in [-0.4, -0.2) is 28.1 Å². The third-order valence-corrected chi connectivity index (χ3v) is 3.88. The molecule has 2 amide bonds. The topological polar surface area (TPSA) is 37.3 Å². The lowest BCUT2D eigenvalue weighted by Crippen LogP contribution is -2.48. The van der Waals surface area contributed by atoms with Crippen molar-refractivity contribution in [2.45, 2.75) is 32.5 Å². The van der Waals surface area contributed by atoms with Crippen molar-refractivity contribution in [3.05, 3.63) is 59.7 Å². The highest BCUT2D eigenvalue weighted by molar-refractivity contribution is 5.75. The Bertz CT molecular complexity index is 680. The molecule has 1 aliphatic heterocycles. The smallest absolute Gasteiger partial charge is 0.318 e. The summed E-state index contributed by atoms with van der Waals surface area (Å²) in [7, 11) is 0. The molecule has 22 heavy (non-hydrogen) atoms. The molecule has 0 saturated carbocycles. The monoisotopic (exact) mass is 301 g/mol. The first kappa shape index (κ1) is 14.6. The van der Waals surface area contributed by atoms with E-state index < -0.39 is 0 Å². The van der Waals surface area contributed by atoms with Gasteiger partial charge in [-0.3, -0.25) is 0 Å². The van der Waals surface area contributed by atoms with E-state index in [4.69, 9.17) is 0 Å². The quantitative estimate of drug-likeness (QED) is 0.909. The fourth-order valence-corrected chi connectivity index (χ4v) is 2.96. The Kier molecular flexibility index (Phi) is 3.88. The Morgan fingerprint density at radius 1 is 1.27 bits per heavy atom. The maximum absolute atomic E-state index is 13.6. The summed E-state index contributed by atoms with van der Waals surface area (Å²) in [4.78, 5) is 14.3. The van der Waals surface area contributed by atoms with Crippen LogP contribution in [0.3, 0.4) is 0 Å². The van der Waals surface area contributed by atoms with Crippen LogP contribution in [-0.2, 0) is 6.54 Å². The highest BCUT2D eigenvalue weighted by Gasteiger charge is 2.32. The van der Waals surface area contributed by atoms with Crippen LogP contribution in [0.1, 0.15) is 31.1 Å². The summed E-state index contributed by atoms with van der Waals surface area (Å²) in [5, 5.41) is 2.93. The molecule has 0 radical (unpaired) electrons. The van der Waals surface area contributed by atoms with E-state index in [1.165, 1.54) is 12.1 Å². The van der Waals surface area contributed by atoms with E-state index in [2.05, 4.69) is 9.88 Å². The Morgan fingerprint density at radius 2 is 2.09 bits per heavy atom. The van der Waals surface area contributed by atoms with Gasteiger partial charge in [-0.2, -0.15) is 0 Å². The zero-order valence-corrected chi connectivity index (χ0v) is 12.8. The summed E-state index contributed by atoms with van der Waals surface area (Å²) in [6.45, 7) is 5.21. The number of aromatic nitrogens is 1. The van der Waals surface area contributed by atoms with Gasteiger partial charge in [-0.15, -0.1) is 0 Å². The fourth-order valence-electron chi connectivity index (χ4n) is 2.96. The maximum Gasteiger partial charge on any atom is 0.318 e. The number of halogens is 1. The number of hydrogen-bond acceptors (Lipinski definition) is 1. The summed E-state index contributed by atoms with van der Waals surface area (Å²) in [6.07, 6.45) is 2.00. The molecule has 2 heterocycles. The molecule has 1 aromatic heterocycles. The molecule has 3 rings (SSSR count). The lowest BCUT2D eigenvalue weighted by atomic mass is 10.00. The lowest BCUT2D eigenvalue weighted by Gasteiger charge is -2.37. The van der Waals surface area contributed by atoms with Gasteiger partial charge < -0.3 is 14.8 Å². The van der Waals surface area contributed by atoms with E-state index in [1.807, 2.05) is 38.2 Å². The van der Waals surface area contributed by atoms with Crippen molar-refractivity contribution in [1.29, 1.82) is 0 Å². The minimum absolute atomic E-state index is 0.0642. The second-order valence-electron chi connectivity index (χ2n) is 5.88. The van der Waals surface area contributed by atoms with Crippen LogP contribution in [0.4, 0.5) is 9.18 Å². The van der Waals surface area contributed by atoms with Crippen molar-refractivity contribution in [1.82, 2.24) is 14.8 Å². The number of rotatable bonds is 2. The molecular weight excluding hydrogens is 281 g/mol. The van der Waals surface area contributed by atoms with Crippen LogP contribution >= 0.6 is 0 Å². The van der Waals surface area contributed by atoms with Gasteiger partial charge in [0.25, 0.3) is 0 Å². The Balaban J connectivity index is 2.01. The highest BCUT2D eigenvalue weighted by Crippen LogP contribution is 2.32. The summed E-state index contributed by atoms with van der Waals surface area (Å²) >= 11 is 0. The zero-order chi connectivity index (χ0) is 15.7. The Morgan fingerprint density at radius 3 is 2.82 bits per heavy atom. The SMILES string of the molecule is CC(C)NC(=O)N1CCn2cccc2[C@H]1c1cccc(F)c1. The summed E-state index contributed by atoms with van der Waals surface area (Å²) in [6, 6.07) is 10.1. The van der Waals surface area contributed by atoms with E-state index in [0.29, 0.717) is 6.54 Å². The van der Waals surface area contributed by atoms with Crippen LogP contribution in [0.15, 0.2) is 42.6 Å². The van der Waals surface area contributed by atoms with Gasteiger partial charge in [-0.05, 0) is 43.7 Å². The van der Waals surface area contributed by atoms with Crippen LogP contribution in [0.5, 0.6) is 0 Å². The van der Waals surface area contributed by atoms with Gasteiger partial charge in [0.1, 0.15) is 5.82 Å². The number of fused-ring (bicyclic) bond motifs is 1. The number of nitrogens with zero attached hydrogens (tertiary/aromatic N) is 2. The third-order valence-electron chi connectivity index (χ3n) is 3.88. The first-order valence-electron chi connectivity index (χ1n) is 7.54. The number of hydrogen-bond donors (Lipinski definition) is 1. The van der Waals surface area contributed by atoms with E-state index >= 15 is 0 Å². The third kappa shape index (κ3) is 2.71. The number of nitrogens with one attached hydrogen (secondary N) is 1. The average molecular weight is 301 g/mol. The molecule has 0 spiro atoms. The second kappa shape index (κ2) is 5.83. The molecule has 1 atom stereocenters. The van der Waals surface area contributed by atoms with Crippen molar-refractivity contribution >= 4 is 6.03 Å². The number of benzene rings is 1. The molecule has 1 aliphatic rings. The van der Waals surface area contributed by atoms with Gasteiger partial charge in [-0.25, -0.2) is 9.18 Å². The Labute approximate surface area is 129 Å². The maximum atomic E-state index is 13.6. The Hall–Kier alpha value is -2.30. The van der Waals surface area contributed by atoms with Crippen molar-refractivity contribution in [3.8, 4) is 0 Å². The predicted octanol–water partition coefficient (Wildman–Crippen LogP) is 3.15. The summed E-state index contributed by atoms with van der Waals surface area (Å²) < 4.78 is 15.8. The molecule has 0 unspecified atom stereocenters. The second-order valence-corrected chi connectivity index (χ2v) is 5.88. The number of carbonyl (C=O) groups excluding carboxylic acids is 1. The lowest BCUT2D eigenvalue weighted by molar-refractivity contribution is 0.166. The van der Waals surface area contributed by atoms with Gasteiger partial charge >= 0.3 is 6.03 Å². The molecule has 1 N–H and O–H groups in total. The molecule has 0 aliphatic carbocycles. The molecule has 1 aromatic carbocycles. The molecular formula is C17H20FN3O. The van der Waals surface area contributed by atoms with Crippen molar-refractivity contribution in [2.75, 3.05) is 6.54 Å². The highest BCUT2D eigenvalue weighted by atomic mass is 19.1. The standard InChI is InChI=1S/C17H20FN3O/c1-12(2)19-17(22)21-10-9-20-8-4-7-15(20)16(21)13-5-3-6-14(18)11-13/h3-8,11-12,16H,9-10H2,1-2H3,(H,19,22)/t16-/m1/s1. The van der Waals surface area contributed by atoms with E-state index in [0.717, 1.165) is 17.8 Å². The summed E-state index contributed by atoms with van der Waals surface area (Å²) in [5.41, 5.74) is 1.80. The fraction of sp³-hybridized carbons (Fsp3) is 0.353. The summed E-state index contributed by atoms with van der Waals surface area (Å²) in [5.74, 6) is -0.287. The van der Waals surface area contributed by atoms with E-state index in [1.54, 1.807) is 11.0 Å². The molecule has 0 bridgehead atoms. The molecule has 5 heteroatoms. The largest absolute Gasteiger partial charge is 0.348 e. The minimum Gasteiger partial charge on any atom is -0.348 e. The predicted molar refractivity (Wildman–Crippen MR) is 83.0 cm³/mol. The number of carbonyl (C=O) groups is 1. The number of urea groups is 1. The van der Waals surface area contributed by atoms with Gasteiger partial charge in [0, 0.05) is 31.0 Å². The first-order chi connectivity index (χ1) is 10.6. The van der Waals surface area contributed by atoms with Gasteiger partial charge in [0.2, 0.25) is 0 Å². The molecule has 116 valence electrons. The molecule has 0 fully saturated rings. The van der Waals surface area contributed by atoms with Crippen molar-refractivity contribution in [2.24, 2.45) is 0 Å². The van der Waals surface area contributed by atoms with Crippen LogP contribution in [0.2, 0.25) is 0 Å². The van der Waals surface area contributed by atoms with Crippen LogP contribution < -0.4 is 5.32 Å². The van der Waals surface area contributed by atoms with Crippen LogP contribution in [0.25, 0.3) is 0 Å².